The van der Waals surface area contributed by atoms with E-state index < -0.39 is 11.4 Å². The van der Waals surface area contributed by atoms with E-state index in [0.29, 0.717) is 46.6 Å². The fraction of sp³-hybridized carbons (Fsp3) is 0.387. The smallest absolute Gasteiger partial charge is 0.337 e. The molecule has 2 aromatic heterocycles. The summed E-state index contributed by atoms with van der Waals surface area (Å²) >= 11 is 0. The van der Waals surface area contributed by atoms with Crippen LogP contribution >= 0.6 is 0 Å². The number of carbonyl (C=O) groups excluding carboxylic acids is 6. The van der Waals surface area contributed by atoms with Gasteiger partial charge in [0.05, 0.1) is 79.9 Å². The number of hydrogen-bond acceptors (Lipinski definition) is 17. The number of allylic oxidation sites excluding steroid dienone is 1. The number of Topliss-reactive ketones (excluding diaryl/α,β-unsaturated/α-hetero) is 2. The topological polar surface area (TPSA) is 372 Å². The van der Waals surface area contributed by atoms with Gasteiger partial charge in [0.15, 0.2) is 11.6 Å². The molecule has 7 N–H and O–H groups in total. The van der Waals surface area contributed by atoms with Crippen LogP contribution in [-0.4, -0.2) is 128 Å². The maximum Gasteiger partial charge on any atom is 0.337 e. The summed E-state index contributed by atoms with van der Waals surface area (Å²) in [5.41, 5.74) is 14.1. The van der Waals surface area contributed by atoms with Crippen LogP contribution < -0.4 is 49.1 Å². The van der Waals surface area contributed by atoms with Gasteiger partial charge in [0.25, 0.3) is 11.1 Å². The largest absolute Gasteiger partial charge is 0.512 e. The number of nitrogens with one attached hydrogen (secondary N) is 2. The van der Waals surface area contributed by atoms with Gasteiger partial charge in [-0.2, -0.15) is 5.26 Å². The first kappa shape index (κ1) is 139. The number of amidine groups is 1. The van der Waals surface area contributed by atoms with Crippen LogP contribution in [0.1, 0.15) is 231 Å². The molecule has 0 spiro atoms. The van der Waals surface area contributed by atoms with E-state index in [0.717, 1.165) is 25.9 Å². The van der Waals surface area contributed by atoms with Gasteiger partial charge in [-0.3, -0.25) is 67.7 Å². The van der Waals surface area contributed by atoms with Crippen LogP contribution in [0.2, 0.25) is 0 Å². The summed E-state index contributed by atoms with van der Waals surface area (Å²) in [6.45, 7) is 56.0. The van der Waals surface area contributed by atoms with Crippen molar-refractivity contribution in [3.8, 4) is 17.4 Å². The van der Waals surface area contributed by atoms with E-state index in [-0.39, 0.29) is 89.9 Å². The van der Waals surface area contributed by atoms with Crippen LogP contribution in [0.3, 0.4) is 0 Å². The minimum Gasteiger partial charge on any atom is -0.512 e. The van der Waals surface area contributed by atoms with Gasteiger partial charge in [0, 0.05) is 85.7 Å². The minimum atomic E-state index is -0.422. The Kier molecular flexibility index (Phi) is 102. The van der Waals surface area contributed by atoms with Gasteiger partial charge in [-0.25, -0.2) is 28.7 Å². The molecular formula is C106H166N16O11. The van der Waals surface area contributed by atoms with Crippen molar-refractivity contribution >= 4 is 88.6 Å². The van der Waals surface area contributed by atoms with Gasteiger partial charge in [0.1, 0.15) is 34.8 Å². The van der Waals surface area contributed by atoms with Crippen molar-refractivity contribution < 1.29 is 33.9 Å². The number of rotatable bonds is 17. The van der Waals surface area contributed by atoms with Crippen molar-refractivity contribution in [2.75, 3.05) is 56.1 Å². The molecule has 9 aromatic rings. The third-order valence-corrected chi connectivity index (χ3v) is 14.0. The quantitative estimate of drug-likeness (QED) is 0.0245. The molecule has 11 rings (SSSR count). The van der Waals surface area contributed by atoms with Gasteiger partial charge in [0.2, 0.25) is 17.7 Å². The fourth-order valence-corrected chi connectivity index (χ4v) is 9.14. The number of nitriles is 1. The summed E-state index contributed by atoms with van der Waals surface area (Å²) in [6.07, 6.45) is 7.34. The highest BCUT2D eigenvalue weighted by Crippen LogP contribution is 2.25. The molecule has 0 saturated carbocycles. The monoisotopic (exact) mass is 1840 g/mol. The number of ketones is 3. The second kappa shape index (κ2) is 97.0. The van der Waals surface area contributed by atoms with Gasteiger partial charge in [-0.15, -0.1) is 0 Å². The lowest BCUT2D eigenvalue weighted by Crippen LogP contribution is -2.38. The van der Waals surface area contributed by atoms with Crippen molar-refractivity contribution in [2.24, 2.45) is 34.8 Å². The maximum absolute atomic E-state index is 12.3. The number of anilines is 4. The van der Waals surface area contributed by atoms with E-state index in [1.165, 1.54) is 63.7 Å². The number of primary amides is 1. The number of hydrogen-bond donors (Lipinski definition) is 5. The first-order chi connectivity index (χ1) is 64.3. The molecule has 4 heterocycles. The molecule has 736 valence electrons. The number of para-hydroxylation sites is 5. The molecule has 0 unspecified atom stereocenters. The van der Waals surface area contributed by atoms with E-state index in [4.69, 9.17) is 22.1 Å². The van der Waals surface area contributed by atoms with Crippen LogP contribution in [0, 0.1) is 16.7 Å². The van der Waals surface area contributed by atoms with E-state index >= 15 is 0 Å². The molecular weight excluding hydrogens is 1670 g/mol. The summed E-state index contributed by atoms with van der Waals surface area (Å²) < 4.78 is 4.94. The van der Waals surface area contributed by atoms with Crippen LogP contribution in [0.25, 0.3) is 11.4 Å². The number of aromatic nitrogens is 4. The number of nitrogen functional groups attached to an aromatic ring is 1. The lowest BCUT2D eigenvalue weighted by atomic mass is 10.0. The lowest BCUT2D eigenvalue weighted by Gasteiger charge is -2.25. The van der Waals surface area contributed by atoms with Gasteiger partial charge >= 0.3 is 11.4 Å². The summed E-state index contributed by atoms with van der Waals surface area (Å²) in [6, 6.07) is 68.9. The number of nitrogens with zero attached hydrogens (tertiary/aromatic N) is 12. The van der Waals surface area contributed by atoms with Crippen molar-refractivity contribution in [3.63, 3.8) is 0 Å². The van der Waals surface area contributed by atoms with Gasteiger partial charge in [-0.1, -0.05) is 346 Å². The van der Waals surface area contributed by atoms with Crippen molar-refractivity contribution in [3.05, 3.63) is 301 Å². The SMILES string of the molecule is CC.CC.CC.CC.CC.CC.CC.CC.CC.CC.CC.CC.CC.CC.CN(C)C=NC1=CC(=O)CC(=O)N1c1ccccc1.CN(C)C=Nc1cc(=O)n(C)c(=O)n1-c1ccccc1.CN=CNc1cc(=O)n(C)c(=O)n1-c1ccccc1.N#CCC(=O)CC(=O)Cc1ccccc1.N=C1C=C(O)CC(=O)N1c1ccccc1.NC(=O)Cc1ccccc1.Nc1ccccc1. The second-order valence-electron chi connectivity index (χ2n) is 22.9. The molecule has 27 nitrogen and oxygen atoms in total. The van der Waals surface area contributed by atoms with Crippen LogP contribution in [0.5, 0.6) is 0 Å². The molecule has 2 aliphatic heterocycles. The number of aliphatic hydroxyl groups excluding tert-OH is 1. The molecule has 133 heavy (non-hydrogen) atoms. The van der Waals surface area contributed by atoms with Crippen molar-refractivity contribution in [1.82, 2.24) is 28.1 Å². The Balaban J connectivity index is -0.000000160. The zero-order valence-corrected chi connectivity index (χ0v) is 87.0. The highest BCUT2D eigenvalue weighted by Gasteiger charge is 2.28. The molecule has 0 bridgehead atoms. The number of benzene rings is 7. The normalized spacial score (nSPS) is 10.2. The van der Waals surface area contributed by atoms with E-state index in [1.807, 2.05) is 386 Å². The lowest BCUT2D eigenvalue weighted by molar-refractivity contribution is -0.127. The van der Waals surface area contributed by atoms with E-state index in [2.05, 4.69) is 20.3 Å². The first-order valence-corrected chi connectivity index (χ1v) is 46.2. The molecule has 7 aromatic carbocycles. The van der Waals surface area contributed by atoms with Crippen molar-refractivity contribution in [2.45, 2.75) is 232 Å². The standard InChI is InChI=1S/C14H16N4O2.C14H15N3O2.C13H14N4O2.C12H11NO2.C11H10N2O2.C8H9NO.C6H7N.14C2H6/c1-16(2)10-15-12-9-13(19)17(3)14(20)18(12)11-7-5-4-6-8-11;1-16(2)10-15-13-8-12(18)9-14(19)17(13)11-6-4-3-5-7-11;1-14-9-15-11-8-12(18)16(2)13(19)17(11)10-6-4-3-5-7-10;13-7-6-11(14)9-12(15)8-10-4-2-1-3-5-10;12-10-6-9(14)7-11(15)13(10)8-4-2-1-3-5-8;9-8(10)6-7-4-2-1-3-5-7;7-6-4-2-1-3-5-6;14*1-2/h4-10H,1-3H3;3-8,10H,9H2,1-2H3;3-9H,1-2H3,(H,14,15);1-5H,6,8-9H2;1-6,12,14H,7H2;1-5H,6H2,(H2,9,10);1-5H,7H2;14*1-2H3. The number of amides is 3. The number of nitrogens with two attached hydrogens (primary N) is 2. The first-order valence-electron chi connectivity index (χ1n) is 46.2. The molecule has 0 aliphatic carbocycles. The van der Waals surface area contributed by atoms with Gasteiger partial charge in [-0.05, 0) is 71.8 Å². The van der Waals surface area contributed by atoms with Gasteiger partial charge < -0.3 is 31.7 Å². The molecule has 0 saturated heterocycles. The number of carbonyl (C=O) groups is 6. The molecule has 27 heteroatoms. The Bertz CT molecular complexity index is 4850. The van der Waals surface area contributed by atoms with Crippen LogP contribution in [0.15, 0.2) is 282 Å². The Morgan fingerprint density at radius 3 is 1.14 bits per heavy atom. The highest BCUT2D eigenvalue weighted by molar-refractivity contribution is 6.22. The maximum atomic E-state index is 12.3. The summed E-state index contributed by atoms with van der Waals surface area (Å²) in [7, 11) is 11.8. The summed E-state index contributed by atoms with van der Waals surface area (Å²) in [5.74, 6) is -0.527. The number of aliphatic imine (C=N–C) groups is 3. The Morgan fingerprint density at radius 2 is 0.782 bits per heavy atom. The zero-order valence-electron chi connectivity index (χ0n) is 87.0. The summed E-state index contributed by atoms with van der Waals surface area (Å²) in [4.78, 5) is 134. The fourth-order valence-electron chi connectivity index (χ4n) is 9.14. The molecule has 3 amide bonds. The van der Waals surface area contributed by atoms with Crippen molar-refractivity contribution in [1.29, 1.82) is 10.7 Å². The highest BCUT2D eigenvalue weighted by atomic mass is 16.3. The van der Waals surface area contributed by atoms with Crippen LogP contribution in [-0.2, 0) is 55.7 Å². The zero-order chi connectivity index (χ0) is 105. The number of aliphatic hydroxyl groups is 1. The Labute approximate surface area is 798 Å². The van der Waals surface area contributed by atoms with E-state index in [9.17, 15) is 53.1 Å². The molecule has 2 aliphatic rings. The third kappa shape index (κ3) is 62.8. The molecule has 0 atom stereocenters. The predicted molar refractivity (Wildman–Crippen MR) is 569 cm³/mol. The Morgan fingerprint density at radius 1 is 0.451 bits per heavy atom. The average molecular weight is 1840 g/mol. The summed E-state index contributed by atoms with van der Waals surface area (Å²) in [5, 5.41) is 27.9. The average Bonchev–Trinajstić information content (AvgIpc) is 0.801. The Hall–Kier alpha value is -14.0. The second-order valence-corrected chi connectivity index (χ2v) is 22.9. The minimum absolute atomic E-state index is 0.00468. The molecule has 0 radical (unpaired) electrons. The van der Waals surface area contributed by atoms with Crippen LogP contribution in [0.4, 0.5) is 28.7 Å². The molecule has 0 fully saturated rings. The third-order valence-electron chi connectivity index (χ3n) is 14.0. The van der Waals surface area contributed by atoms with E-state index in [1.54, 1.807) is 84.1 Å². The predicted octanol–water partition coefficient (Wildman–Crippen LogP) is 22.7.